The zero-order valence-electron chi connectivity index (χ0n) is 14.8. The Labute approximate surface area is 139 Å². The van der Waals surface area contributed by atoms with Crippen molar-refractivity contribution in [2.75, 3.05) is 6.54 Å². The van der Waals surface area contributed by atoms with Crippen molar-refractivity contribution in [2.24, 2.45) is 0 Å². The molecule has 0 bridgehead atoms. The van der Waals surface area contributed by atoms with Crippen LogP contribution in [0.25, 0.3) is 0 Å². The van der Waals surface area contributed by atoms with E-state index >= 15 is 0 Å². The molecule has 2 heterocycles. The fraction of sp³-hybridized carbons (Fsp3) is 0.650. The van der Waals surface area contributed by atoms with Crippen LogP contribution in [0, 0.1) is 0 Å². The van der Waals surface area contributed by atoms with Gasteiger partial charge >= 0.3 is 0 Å². The van der Waals surface area contributed by atoms with Crippen molar-refractivity contribution in [2.45, 2.75) is 76.9 Å². The minimum atomic E-state index is 0.171. The molecule has 124 valence electrons. The number of hydrogen-bond acceptors (Lipinski definition) is 2. The molecule has 1 aromatic rings. The molecule has 3 aliphatic rings. The third-order valence-corrected chi connectivity index (χ3v) is 5.91. The molecule has 1 saturated heterocycles. The van der Waals surface area contributed by atoms with Crippen LogP contribution in [0.2, 0.25) is 0 Å². The van der Waals surface area contributed by atoms with Gasteiger partial charge < -0.3 is 10.2 Å². The van der Waals surface area contributed by atoms with E-state index in [1.165, 1.54) is 35.1 Å². The van der Waals surface area contributed by atoms with E-state index in [1.807, 2.05) is 0 Å². The second kappa shape index (κ2) is 5.07. The second-order valence-corrected chi connectivity index (χ2v) is 8.59. The first-order valence-corrected chi connectivity index (χ1v) is 9.04. The number of carbonyl (C=O) groups is 1. The summed E-state index contributed by atoms with van der Waals surface area (Å²) in [6, 6.07) is 5.79. The highest BCUT2D eigenvalue weighted by Gasteiger charge is 2.49. The molecule has 2 unspecified atom stereocenters. The minimum absolute atomic E-state index is 0.171. The fourth-order valence-electron chi connectivity index (χ4n) is 4.42. The van der Waals surface area contributed by atoms with Crippen molar-refractivity contribution < 1.29 is 4.79 Å². The van der Waals surface area contributed by atoms with Gasteiger partial charge in [0, 0.05) is 31.5 Å². The normalized spacial score (nSPS) is 29.2. The number of hydrogen-bond donors (Lipinski definition) is 1. The van der Waals surface area contributed by atoms with E-state index in [0.29, 0.717) is 18.0 Å². The molecule has 0 radical (unpaired) electrons. The lowest BCUT2D eigenvalue weighted by molar-refractivity contribution is -0.130. The molecule has 23 heavy (non-hydrogen) atoms. The molecule has 1 aromatic carbocycles. The van der Waals surface area contributed by atoms with Crippen LogP contribution >= 0.6 is 0 Å². The molecule has 3 heteroatoms. The first-order chi connectivity index (χ1) is 10.9. The predicted octanol–water partition coefficient (Wildman–Crippen LogP) is 3.63. The summed E-state index contributed by atoms with van der Waals surface area (Å²) in [6.45, 7) is 10.5. The highest BCUT2D eigenvalue weighted by Crippen LogP contribution is 2.52. The highest BCUT2D eigenvalue weighted by atomic mass is 16.2. The standard InChI is InChI=1S/C20H28N2O/c1-12(23)22-11-17-14(16-10-19(16)22)8-13(20(2,3)4)9-15(17)18-6-5-7-21-18/h8-9,16,18-19,21H,5-7,10-11H2,1-4H3/t16?,18-,19?/m0/s1. The summed E-state index contributed by atoms with van der Waals surface area (Å²) in [5.74, 6) is 0.804. The van der Waals surface area contributed by atoms with Gasteiger partial charge in [0.05, 0.1) is 0 Å². The maximum absolute atomic E-state index is 12.0. The van der Waals surface area contributed by atoms with Gasteiger partial charge in [-0.05, 0) is 53.5 Å². The van der Waals surface area contributed by atoms with Crippen molar-refractivity contribution in [1.29, 1.82) is 0 Å². The lowest BCUT2D eigenvalue weighted by Gasteiger charge is -2.33. The van der Waals surface area contributed by atoms with E-state index in [0.717, 1.165) is 19.5 Å². The third kappa shape index (κ3) is 2.50. The molecule has 1 saturated carbocycles. The summed E-state index contributed by atoms with van der Waals surface area (Å²) in [4.78, 5) is 14.1. The maximum Gasteiger partial charge on any atom is 0.220 e. The Balaban J connectivity index is 1.84. The zero-order valence-corrected chi connectivity index (χ0v) is 14.8. The number of benzene rings is 1. The number of carbonyl (C=O) groups excluding carboxylic acids is 1. The first kappa shape index (κ1) is 15.2. The first-order valence-electron chi connectivity index (χ1n) is 9.04. The number of fused-ring (bicyclic) bond motifs is 3. The van der Waals surface area contributed by atoms with Crippen molar-refractivity contribution in [1.82, 2.24) is 10.2 Å². The highest BCUT2D eigenvalue weighted by molar-refractivity contribution is 5.75. The van der Waals surface area contributed by atoms with E-state index in [1.54, 1.807) is 6.92 Å². The van der Waals surface area contributed by atoms with Gasteiger partial charge in [0.25, 0.3) is 0 Å². The quantitative estimate of drug-likeness (QED) is 0.859. The average molecular weight is 312 g/mol. The average Bonchev–Trinajstić information content (AvgIpc) is 3.10. The van der Waals surface area contributed by atoms with Gasteiger partial charge in [-0.3, -0.25) is 4.79 Å². The van der Waals surface area contributed by atoms with Crippen LogP contribution in [0.15, 0.2) is 12.1 Å². The minimum Gasteiger partial charge on any atom is -0.335 e. The number of nitrogens with one attached hydrogen (secondary N) is 1. The molecule has 1 N–H and O–H groups in total. The molecule has 3 nitrogen and oxygen atoms in total. The predicted molar refractivity (Wildman–Crippen MR) is 92.5 cm³/mol. The molecule has 4 rings (SSSR count). The number of amides is 1. The van der Waals surface area contributed by atoms with Crippen molar-refractivity contribution in [3.8, 4) is 0 Å². The SMILES string of the molecule is CC(=O)N1Cc2c(cc(C(C)(C)C)cc2[C@@H]2CCCN2)C2CC21. The smallest absolute Gasteiger partial charge is 0.220 e. The monoisotopic (exact) mass is 312 g/mol. The van der Waals surface area contributed by atoms with E-state index in [9.17, 15) is 4.79 Å². The number of nitrogens with zero attached hydrogens (tertiary/aromatic N) is 1. The summed E-state index contributed by atoms with van der Waals surface area (Å²) in [7, 11) is 0. The van der Waals surface area contributed by atoms with Crippen LogP contribution < -0.4 is 5.32 Å². The third-order valence-electron chi connectivity index (χ3n) is 5.91. The maximum atomic E-state index is 12.0. The van der Waals surface area contributed by atoms with E-state index in [4.69, 9.17) is 0 Å². The van der Waals surface area contributed by atoms with Crippen molar-refractivity contribution >= 4 is 5.91 Å². The molecule has 2 fully saturated rings. The van der Waals surface area contributed by atoms with Gasteiger partial charge in [-0.15, -0.1) is 0 Å². The van der Waals surface area contributed by atoms with E-state index < -0.39 is 0 Å². The Morgan fingerprint density at radius 3 is 2.61 bits per heavy atom. The lowest BCUT2D eigenvalue weighted by atomic mass is 9.80. The van der Waals surface area contributed by atoms with Crippen LogP contribution in [0.4, 0.5) is 0 Å². The van der Waals surface area contributed by atoms with E-state index in [-0.39, 0.29) is 11.3 Å². The summed E-state index contributed by atoms with van der Waals surface area (Å²) in [6.07, 6.45) is 3.62. The fourth-order valence-corrected chi connectivity index (χ4v) is 4.42. The van der Waals surface area contributed by atoms with Gasteiger partial charge in [-0.2, -0.15) is 0 Å². The Hall–Kier alpha value is -1.35. The molecular formula is C20H28N2O. The van der Waals surface area contributed by atoms with Gasteiger partial charge in [0.2, 0.25) is 5.91 Å². The summed E-state index contributed by atoms with van der Waals surface area (Å²) < 4.78 is 0. The van der Waals surface area contributed by atoms with Crippen LogP contribution in [0.1, 0.15) is 81.2 Å². The second-order valence-electron chi connectivity index (χ2n) is 8.59. The molecule has 0 aromatic heterocycles. The van der Waals surface area contributed by atoms with Gasteiger partial charge in [-0.25, -0.2) is 0 Å². The van der Waals surface area contributed by atoms with Crippen LogP contribution in [0.3, 0.4) is 0 Å². The van der Waals surface area contributed by atoms with Gasteiger partial charge in [0.1, 0.15) is 0 Å². The molecular weight excluding hydrogens is 284 g/mol. The Kier molecular flexibility index (Phi) is 3.35. The topological polar surface area (TPSA) is 32.3 Å². The summed E-state index contributed by atoms with van der Waals surface area (Å²) in [5.41, 5.74) is 6.04. The Morgan fingerprint density at radius 1 is 1.26 bits per heavy atom. The van der Waals surface area contributed by atoms with Gasteiger partial charge in [-0.1, -0.05) is 32.9 Å². The van der Waals surface area contributed by atoms with Crippen molar-refractivity contribution in [3.63, 3.8) is 0 Å². The number of rotatable bonds is 1. The van der Waals surface area contributed by atoms with Crippen LogP contribution in [-0.2, 0) is 16.8 Å². The van der Waals surface area contributed by atoms with Gasteiger partial charge in [0.15, 0.2) is 0 Å². The molecule has 3 atom stereocenters. The van der Waals surface area contributed by atoms with Crippen LogP contribution in [0.5, 0.6) is 0 Å². The Morgan fingerprint density at radius 2 is 2.00 bits per heavy atom. The molecule has 2 aliphatic heterocycles. The van der Waals surface area contributed by atoms with Crippen molar-refractivity contribution in [3.05, 3.63) is 34.4 Å². The Bertz CT molecular complexity index is 652. The molecule has 1 aliphatic carbocycles. The molecule has 0 spiro atoms. The molecule has 1 amide bonds. The lowest BCUT2D eigenvalue weighted by Crippen LogP contribution is -2.35. The van der Waals surface area contributed by atoms with Crippen LogP contribution in [-0.4, -0.2) is 23.4 Å². The zero-order chi connectivity index (χ0) is 16.4. The largest absolute Gasteiger partial charge is 0.335 e. The van der Waals surface area contributed by atoms with E-state index in [2.05, 4.69) is 43.1 Å². The summed E-state index contributed by atoms with van der Waals surface area (Å²) in [5, 5.41) is 3.67. The summed E-state index contributed by atoms with van der Waals surface area (Å²) >= 11 is 0.